The maximum Gasteiger partial charge on any atom is 0.0466 e. The molecule has 1 aliphatic carbocycles. The van der Waals surface area contributed by atoms with Gasteiger partial charge in [0.05, 0.1) is 0 Å². The first-order chi connectivity index (χ1) is 4.89. The Morgan fingerprint density at radius 1 is 1.00 bits per heavy atom. The van der Waals surface area contributed by atoms with Crippen molar-refractivity contribution >= 4 is 0 Å². The number of hydrogen-bond donors (Lipinski definition) is 0. The van der Waals surface area contributed by atoms with Crippen molar-refractivity contribution in [1.82, 2.24) is 0 Å². The molecule has 0 spiro atoms. The molecule has 2 fully saturated rings. The minimum atomic E-state index is 1.00. The lowest BCUT2D eigenvalue weighted by molar-refractivity contribution is 0.198. The van der Waals surface area contributed by atoms with Crippen LogP contribution in [0.5, 0.6) is 0 Å². The van der Waals surface area contributed by atoms with E-state index in [9.17, 15) is 0 Å². The molecule has 0 atom stereocenters. The van der Waals surface area contributed by atoms with Crippen molar-refractivity contribution in [2.24, 2.45) is 5.92 Å². The summed E-state index contributed by atoms with van der Waals surface area (Å²) >= 11 is 0. The minimum Gasteiger partial charge on any atom is -0.381 e. The van der Waals surface area contributed by atoms with Crippen LogP contribution in [-0.4, -0.2) is 13.2 Å². The summed E-state index contributed by atoms with van der Waals surface area (Å²) in [5, 5.41) is 0. The predicted molar refractivity (Wildman–Crippen MR) is 43.1 cm³/mol. The highest BCUT2D eigenvalue weighted by atomic mass is 16.5. The molecular weight excluding hydrogens is 124 g/mol. The molecule has 60 valence electrons. The van der Waals surface area contributed by atoms with Crippen molar-refractivity contribution < 1.29 is 4.74 Å². The highest BCUT2D eigenvalue weighted by Gasteiger charge is 2.09. The van der Waals surface area contributed by atoms with Crippen molar-refractivity contribution in [3.63, 3.8) is 0 Å². The van der Waals surface area contributed by atoms with Crippen LogP contribution in [0.1, 0.15) is 39.0 Å². The topological polar surface area (TPSA) is 9.23 Å². The fourth-order valence-corrected chi connectivity index (χ4v) is 1.12. The first kappa shape index (κ1) is 8.06. The molecule has 1 aliphatic heterocycles. The minimum absolute atomic E-state index is 1.00. The van der Waals surface area contributed by atoms with Crippen molar-refractivity contribution in [1.29, 1.82) is 0 Å². The summed E-state index contributed by atoms with van der Waals surface area (Å²) in [6.07, 6.45) is 7.02. The molecule has 0 amide bonds. The maximum absolute atomic E-state index is 4.94. The van der Waals surface area contributed by atoms with Gasteiger partial charge in [-0.3, -0.25) is 0 Å². The van der Waals surface area contributed by atoms with Gasteiger partial charge < -0.3 is 4.74 Å². The van der Waals surface area contributed by atoms with Gasteiger partial charge in [-0.1, -0.05) is 26.2 Å². The Morgan fingerprint density at radius 2 is 1.50 bits per heavy atom. The van der Waals surface area contributed by atoms with Crippen LogP contribution in [0.2, 0.25) is 0 Å². The van der Waals surface area contributed by atoms with Crippen LogP contribution < -0.4 is 0 Å². The van der Waals surface area contributed by atoms with Gasteiger partial charge in [0.15, 0.2) is 0 Å². The quantitative estimate of drug-likeness (QED) is 0.505. The van der Waals surface area contributed by atoms with E-state index in [1.807, 2.05) is 0 Å². The van der Waals surface area contributed by atoms with E-state index >= 15 is 0 Å². The van der Waals surface area contributed by atoms with Crippen LogP contribution in [0.25, 0.3) is 0 Å². The Labute approximate surface area is 63.8 Å². The molecule has 0 aromatic heterocycles. The van der Waals surface area contributed by atoms with E-state index < -0.39 is 0 Å². The molecule has 2 aliphatic rings. The van der Waals surface area contributed by atoms with Gasteiger partial charge >= 0.3 is 0 Å². The molecule has 2 rings (SSSR count). The molecule has 0 aromatic rings. The molecule has 1 saturated heterocycles. The van der Waals surface area contributed by atoms with Crippen LogP contribution in [0, 0.1) is 5.92 Å². The molecule has 10 heavy (non-hydrogen) atoms. The standard InChI is InChI=1S/C5H10.C4H8O/c1-5-3-2-4-5;1-2-4-5-3-1/h5H,2-4H2,1H3;1-4H2. The SMILES string of the molecule is C1CCOC1.CC1CCC1. The summed E-state index contributed by atoms with van der Waals surface area (Å²) in [4.78, 5) is 0. The number of ether oxygens (including phenoxy) is 1. The van der Waals surface area contributed by atoms with Crippen molar-refractivity contribution in [3.05, 3.63) is 0 Å². The van der Waals surface area contributed by atoms with Gasteiger partial charge in [-0.15, -0.1) is 0 Å². The lowest BCUT2D eigenvalue weighted by Crippen LogP contribution is -2.04. The monoisotopic (exact) mass is 142 g/mol. The van der Waals surface area contributed by atoms with Crippen LogP contribution in [0.4, 0.5) is 0 Å². The van der Waals surface area contributed by atoms with Crippen molar-refractivity contribution in [3.8, 4) is 0 Å². The third-order valence-corrected chi connectivity index (χ3v) is 2.22. The lowest BCUT2D eigenvalue weighted by atomic mass is 9.88. The Kier molecular flexibility index (Phi) is 3.81. The Morgan fingerprint density at radius 3 is 1.60 bits per heavy atom. The largest absolute Gasteiger partial charge is 0.381 e. The summed E-state index contributed by atoms with van der Waals surface area (Å²) in [6, 6.07) is 0. The molecule has 0 N–H and O–H groups in total. The van der Waals surface area contributed by atoms with Gasteiger partial charge in [-0.25, -0.2) is 0 Å². The first-order valence-corrected chi connectivity index (χ1v) is 4.47. The van der Waals surface area contributed by atoms with Crippen LogP contribution >= 0.6 is 0 Å². The molecule has 1 saturated carbocycles. The molecule has 1 heteroatoms. The van der Waals surface area contributed by atoms with Crippen LogP contribution in [0.15, 0.2) is 0 Å². The van der Waals surface area contributed by atoms with E-state index in [4.69, 9.17) is 4.74 Å². The fraction of sp³-hybridized carbons (Fsp3) is 1.00. The molecule has 0 aromatic carbocycles. The normalized spacial score (nSPS) is 24.9. The fourth-order valence-electron chi connectivity index (χ4n) is 1.12. The summed E-state index contributed by atoms with van der Waals surface area (Å²) in [6.45, 7) is 4.31. The maximum atomic E-state index is 4.94. The van der Waals surface area contributed by atoms with E-state index in [2.05, 4.69) is 6.92 Å². The van der Waals surface area contributed by atoms with Gasteiger partial charge in [0.2, 0.25) is 0 Å². The zero-order chi connectivity index (χ0) is 7.23. The second-order valence-electron chi connectivity index (χ2n) is 3.36. The third-order valence-electron chi connectivity index (χ3n) is 2.22. The van der Waals surface area contributed by atoms with E-state index in [-0.39, 0.29) is 0 Å². The molecule has 0 unspecified atom stereocenters. The van der Waals surface area contributed by atoms with E-state index in [0.717, 1.165) is 19.1 Å². The van der Waals surface area contributed by atoms with Gasteiger partial charge in [-0.2, -0.15) is 0 Å². The summed E-state index contributed by atoms with van der Waals surface area (Å²) < 4.78 is 4.94. The Bertz CT molecular complexity index is 65.2. The molecule has 1 nitrogen and oxygen atoms in total. The number of hydrogen-bond acceptors (Lipinski definition) is 1. The summed E-state index contributed by atoms with van der Waals surface area (Å²) in [7, 11) is 0. The zero-order valence-corrected chi connectivity index (χ0v) is 6.94. The van der Waals surface area contributed by atoms with Crippen LogP contribution in [0.3, 0.4) is 0 Å². The van der Waals surface area contributed by atoms with E-state index in [1.165, 1.54) is 32.1 Å². The Hall–Kier alpha value is -0.0400. The molecule has 1 heterocycles. The smallest absolute Gasteiger partial charge is 0.0466 e. The highest BCUT2D eigenvalue weighted by molar-refractivity contribution is 4.62. The van der Waals surface area contributed by atoms with E-state index in [0.29, 0.717) is 0 Å². The average Bonchev–Trinajstić information content (AvgIpc) is 2.38. The second kappa shape index (κ2) is 4.73. The second-order valence-corrected chi connectivity index (χ2v) is 3.36. The summed E-state index contributed by atoms with van der Waals surface area (Å²) in [5.74, 6) is 1.06. The third kappa shape index (κ3) is 3.21. The van der Waals surface area contributed by atoms with Gasteiger partial charge in [-0.05, 0) is 18.8 Å². The van der Waals surface area contributed by atoms with Crippen LogP contribution in [-0.2, 0) is 4.74 Å². The highest BCUT2D eigenvalue weighted by Crippen LogP contribution is 2.24. The van der Waals surface area contributed by atoms with E-state index in [1.54, 1.807) is 0 Å². The molecule has 0 radical (unpaired) electrons. The molecular formula is C9H18O. The Balaban J connectivity index is 0.0000001000. The first-order valence-electron chi connectivity index (χ1n) is 4.47. The van der Waals surface area contributed by atoms with Gasteiger partial charge in [0.1, 0.15) is 0 Å². The summed E-state index contributed by atoms with van der Waals surface area (Å²) in [5.41, 5.74) is 0. The van der Waals surface area contributed by atoms with Crippen molar-refractivity contribution in [2.45, 2.75) is 39.0 Å². The average molecular weight is 142 g/mol. The van der Waals surface area contributed by atoms with Crippen molar-refractivity contribution in [2.75, 3.05) is 13.2 Å². The zero-order valence-electron chi connectivity index (χ0n) is 6.94. The lowest BCUT2D eigenvalue weighted by Gasteiger charge is -2.18. The van der Waals surface area contributed by atoms with Gasteiger partial charge in [0.25, 0.3) is 0 Å². The number of rotatable bonds is 0. The predicted octanol–water partition coefficient (Wildman–Crippen LogP) is 2.60. The van der Waals surface area contributed by atoms with Gasteiger partial charge in [0, 0.05) is 13.2 Å². The molecule has 0 bridgehead atoms.